The Kier molecular flexibility index (Phi) is 26.2. The van der Waals surface area contributed by atoms with Crippen LogP contribution in [0.5, 0.6) is 5.75 Å². The number of carbonyl (C=O) groups excluding carboxylic acids is 3. The number of methoxy groups -OCH3 is 1. The summed E-state index contributed by atoms with van der Waals surface area (Å²) in [6, 6.07) is 5.56. The highest BCUT2D eigenvalue weighted by atomic mass is 32.2. The number of ether oxygens (including phenoxy) is 6. The zero-order valence-electron chi connectivity index (χ0n) is 34.2. The molecule has 0 aliphatic heterocycles. The van der Waals surface area contributed by atoms with Crippen molar-refractivity contribution in [1.82, 2.24) is 0 Å². The number of nitrogens with zero attached hydrogens (tertiary/aromatic N) is 4. The van der Waals surface area contributed by atoms with Crippen molar-refractivity contribution in [3.05, 3.63) is 34.2 Å². The van der Waals surface area contributed by atoms with E-state index in [0.717, 1.165) is 54.3 Å². The number of esters is 1. The van der Waals surface area contributed by atoms with Crippen molar-refractivity contribution in [3.8, 4) is 5.75 Å². The van der Waals surface area contributed by atoms with Crippen molar-refractivity contribution in [3.63, 3.8) is 0 Å². The molecule has 18 heteroatoms. The number of quaternary nitrogens is 1. The molecule has 0 amide bonds. The molecule has 0 saturated carbocycles. The van der Waals surface area contributed by atoms with Crippen LogP contribution in [0.1, 0.15) is 75.2 Å². The number of benzene rings is 1. The van der Waals surface area contributed by atoms with Gasteiger partial charge in [-0.15, -0.1) is 21.6 Å². The van der Waals surface area contributed by atoms with Gasteiger partial charge in [-0.3, -0.25) is 4.55 Å². The highest BCUT2D eigenvalue weighted by molar-refractivity contribution is 7.85. The molecule has 2 aromatic rings. The number of azo groups is 1. The van der Waals surface area contributed by atoms with Gasteiger partial charge >= 0.3 is 12.1 Å². The minimum atomic E-state index is -4.41. The highest BCUT2D eigenvalue weighted by Gasteiger charge is 2.26. The summed E-state index contributed by atoms with van der Waals surface area (Å²) in [5.41, 5.74) is 2.05. The molecule has 0 aliphatic carbocycles. The van der Waals surface area contributed by atoms with E-state index in [9.17, 15) is 17.8 Å². The quantitative estimate of drug-likeness (QED) is 0.0306. The molecule has 1 N–H and O–H groups in total. The van der Waals surface area contributed by atoms with E-state index >= 15 is 0 Å². The number of anilines is 1. The van der Waals surface area contributed by atoms with E-state index in [4.69, 9.17) is 38.0 Å². The number of hydrogen-bond acceptors (Lipinski definition) is 15. The Morgan fingerprint density at radius 2 is 1.45 bits per heavy atom. The molecule has 0 spiro atoms. The number of carbonyl (C=O) groups is 1. The first-order chi connectivity index (χ1) is 26.9. The van der Waals surface area contributed by atoms with E-state index in [1.807, 2.05) is 12.1 Å². The van der Waals surface area contributed by atoms with Crippen LogP contribution in [0, 0.1) is 0 Å². The molecule has 1 heterocycles. The first-order valence-corrected chi connectivity index (χ1v) is 21.6. The summed E-state index contributed by atoms with van der Waals surface area (Å²) in [6.07, 6.45) is 3.10. The molecule has 0 radical (unpaired) electrons. The Bertz CT molecular complexity index is 1580. The summed E-state index contributed by atoms with van der Waals surface area (Å²) in [5, 5.41) is 9.09. The average Bonchev–Trinajstić information content (AvgIpc) is 3.52. The lowest BCUT2D eigenvalue weighted by Crippen LogP contribution is -2.50. The second kappa shape index (κ2) is 29.0. The van der Waals surface area contributed by atoms with Crippen LogP contribution in [0.25, 0.3) is 0 Å². The van der Waals surface area contributed by atoms with E-state index < -0.39 is 21.8 Å². The Hall–Kier alpha value is -3.32. The maximum absolute atomic E-state index is 12.6. The molecule has 0 unspecified atom stereocenters. The van der Waals surface area contributed by atoms with E-state index in [0.29, 0.717) is 81.2 Å². The van der Waals surface area contributed by atoms with Crippen LogP contribution in [0.15, 0.2) is 28.4 Å². The molecule has 0 aliphatic rings. The van der Waals surface area contributed by atoms with Crippen molar-refractivity contribution in [1.29, 1.82) is 0 Å². The summed E-state index contributed by atoms with van der Waals surface area (Å²) in [7, 11) is -2.87. The third-order valence-electron chi connectivity index (χ3n) is 9.05. The molecule has 0 atom stereocenters. The van der Waals surface area contributed by atoms with Crippen LogP contribution in [0.2, 0.25) is 0 Å². The summed E-state index contributed by atoms with van der Waals surface area (Å²) < 4.78 is 67.8. The molecule has 0 saturated heterocycles. The fourth-order valence-electron chi connectivity index (χ4n) is 5.80. The second-order valence-electron chi connectivity index (χ2n) is 12.4. The highest BCUT2D eigenvalue weighted by Crippen LogP contribution is 2.40. The van der Waals surface area contributed by atoms with Crippen molar-refractivity contribution in [2.75, 3.05) is 111 Å². The number of rotatable bonds is 30. The number of likely N-dealkylation sites (N-methyl/N-ethyl adjacent to an activating group) is 2. The van der Waals surface area contributed by atoms with Gasteiger partial charge in [0.1, 0.15) is 33.6 Å². The molecule has 1 aromatic heterocycles. The fraction of sp³-hybridized carbons (Fsp3) is 0.684. The van der Waals surface area contributed by atoms with E-state index in [2.05, 4.69) is 42.8 Å². The van der Waals surface area contributed by atoms with E-state index in [1.165, 1.54) is 19.4 Å². The van der Waals surface area contributed by atoms with Gasteiger partial charge in [-0.05, 0) is 58.2 Å². The summed E-state index contributed by atoms with van der Waals surface area (Å²) in [4.78, 5) is 31.1. The van der Waals surface area contributed by atoms with Crippen molar-refractivity contribution < 1.29 is 60.3 Å². The molecular weight excluding hydrogens is 769 g/mol. The molecular formula is C38H63N4O12S2+. The summed E-state index contributed by atoms with van der Waals surface area (Å²) >= 11 is 0.976. The standard InChI is InChI=1S/C37H62N4O10S2.CO2/c1-8-14-18-41(11-4,12-5)19-21-48-23-25-50-27-26-49-24-22-47-20-17-40(10-3)30-15-16-33(34(28-30)46-7)38-39-36-31(9-2)32(29-53(43,44)45)35(52-36)37(42)51-13-6;2-1-3/h15-16,28H,8-14,17-27,29H2,1-7H3;/p+1. The SMILES string of the molecule is CCCC[N+](CC)(CC)CCOCCOCCOCCOCCN(CC)c1ccc(N=Nc2sc(C(=O)OCC)c(CS(=O)(=O)O)c2CC)c(OC)c1.O=C=O. The predicted octanol–water partition coefficient (Wildman–Crippen LogP) is 6.26. The number of unbranched alkanes of at least 4 members (excludes halogenated alkanes) is 1. The van der Waals surface area contributed by atoms with Gasteiger partial charge in [-0.2, -0.15) is 18.0 Å². The third kappa shape index (κ3) is 18.7. The largest absolute Gasteiger partial charge is 0.494 e. The van der Waals surface area contributed by atoms with E-state index in [-0.39, 0.29) is 23.2 Å². The van der Waals surface area contributed by atoms with Crippen LogP contribution in [-0.4, -0.2) is 135 Å². The van der Waals surface area contributed by atoms with E-state index in [1.54, 1.807) is 27.0 Å². The molecule has 0 bridgehead atoms. The maximum atomic E-state index is 12.6. The molecule has 2 rings (SSSR count). The maximum Gasteiger partial charge on any atom is 0.373 e. The number of hydrogen-bond donors (Lipinski definition) is 1. The predicted molar refractivity (Wildman–Crippen MR) is 214 cm³/mol. The lowest BCUT2D eigenvalue weighted by atomic mass is 10.1. The van der Waals surface area contributed by atoms with Gasteiger partial charge in [0.05, 0.1) is 86.2 Å². The minimum Gasteiger partial charge on any atom is -0.494 e. The van der Waals surface area contributed by atoms with Crippen LogP contribution in [0.4, 0.5) is 16.4 Å². The van der Waals surface area contributed by atoms with Gasteiger partial charge in [0.2, 0.25) is 0 Å². The van der Waals surface area contributed by atoms with Crippen LogP contribution in [-0.2, 0) is 55.6 Å². The average molecular weight is 832 g/mol. The minimum absolute atomic E-state index is 0.0772. The molecule has 1 aromatic carbocycles. The topological polar surface area (TPSA) is 189 Å². The normalized spacial score (nSPS) is 11.6. The van der Waals surface area contributed by atoms with Gasteiger partial charge < -0.3 is 37.8 Å². The monoisotopic (exact) mass is 831 g/mol. The Morgan fingerprint density at radius 1 is 0.857 bits per heavy atom. The molecule has 318 valence electrons. The smallest absolute Gasteiger partial charge is 0.373 e. The van der Waals surface area contributed by atoms with Gasteiger partial charge in [0, 0.05) is 30.4 Å². The first kappa shape index (κ1) is 50.7. The molecule has 16 nitrogen and oxygen atoms in total. The van der Waals surface area contributed by atoms with Crippen molar-refractivity contribution >= 4 is 50.0 Å². The fourth-order valence-corrected chi connectivity index (χ4v) is 7.70. The van der Waals surface area contributed by atoms with Crippen LogP contribution < -0.4 is 9.64 Å². The lowest BCUT2D eigenvalue weighted by Gasteiger charge is -2.36. The zero-order valence-corrected chi connectivity index (χ0v) is 35.8. The Labute approximate surface area is 336 Å². The van der Waals surface area contributed by atoms with Crippen LogP contribution >= 0.6 is 11.3 Å². The Morgan fingerprint density at radius 3 is 1.95 bits per heavy atom. The molecule has 56 heavy (non-hydrogen) atoms. The first-order valence-electron chi connectivity index (χ1n) is 19.2. The second-order valence-corrected chi connectivity index (χ2v) is 14.9. The summed E-state index contributed by atoms with van der Waals surface area (Å²) in [6.45, 7) is 22.7. The van der Waals surface area contributed by atoms with Crippen LogP contribution in [0.3, 0.4) is 0 Å². The van der Waals surface area contributed by atoms with Gasteiger partial charge in [-0.25, -0.2) is 4.79 Å². The Balaban J connectivity index is 0.00000505. The molecule has 0 fully saturated rings. The van der Waals surface area contributed by atoms with Crippen molar-refractivity contribution in [2.24, 2.45) is 10.2 Å². The number of thiophene rings is 1. The summed E-state index contributed by atoms with van der Waals surface area (Å²) in [5.74, 6) is -0.908. The van der Waals surface area contributed by atoms with Gasteiger partial charge in [0.25, 0.3) is 10.1 Å². The zero-order chi connectivity index (χ0) is 41.8. The third-order valence-corrected chi connectivity index (χ3v) is 10.8. The van der Waals surface area contributed by atoms with Gasteiger partial charge in [0.15, 0.2) is 0 Å². The lowest BCUT2D eigenvalue weighted by molar-refractivity contribution is -0.925. The van der Waals surface area contributed by atoms with Gasteiger partial charge in [-0.1, -0.05) is 20.3 Å². The van der Waals surface area contributed by atoms with Crippen molar-refractivity contribution in [2.45, 2.75) is 66.6 Å².